The third-order valence-corrected chi connectivity index (χ3v) is 5.74. The van der Waals surface area contributed by atoms with Gasteiger partial charge in [0.05, 0.1) is 5.69 Å². The number of hydrogen-bond donors (Lipinski definition) is 0. The fourth-order valence-electron chi connectivity index (χ4n) is 4.13. The molecule has 5 nitrogen and oxygen atoms in total. The summed E-state index contributed by atoms with van der Waals surface area (Å²) in [6.45, 7) is 1.93. The lowest BCUT2D eigenvalue weighted by molar-refractivity contribution is 0.505. The van der Waals surface area contributed by atoms with Crippen LogP contribution < -0.4 is 4.90 Å². The molecule has 5 rings (SSSR count). The largest absolute Gasteiger partial charge is 0.370 e. The Hall–Kier alpha value is -2.87. The molecule has 3 aromatic rings. The van der Waals surface area contributed by atoms with Gasteiger partial charge in [0.25, 0.3) is 0 Å². The summed E-state index contributed by atoms with van der Waals surface area (Å²) in [6, 6.07) is 15.2. The number of hydrogen-bond acceptors (Lipinski definition) is 4. The number of fused-ring (bicyclic) bond motifs is 1. The molecule has 0 amide bonds. The van der Waals surface area contributed by atoms with Crippen LogP contribution in [0, 0.1) is 11.3 Å². The lowest BCUT2D eigenvalue weighted by Gasteiger charge is -2.34. The standard InChI is InChI=1S/C21H21N5/c22-14-18-19(10-13-26-20(17-6-7-17)23-24-21(18)26)25-11-8-16(9-12-25)15-4-2-1-3-5-15/h1-5,10,13,16-17H,6-9,11-12H2. The predicted molar refractivity (Wildman–Crippen MR) is 100 cm³/mol. The van der Waals surface area contributed by atoms with Gasteiger partial charge in [-0.2, -0.15) is 5.26 Å². The normalized spacial score (nSPS) is 18.2. The highest BCUT2D eigenvalue weighted by atomic mass is 15.3. The van der Waals surface area contributed by atoms with E-state index >= 15 is 0 Å². The van der Waals surface area contributed by atoms with Crippen LogP contribution >= 0.6 is 0 Å². The number of nitriles is 1. The second-order valence-electron chi connectivity index (χ2n) is 7.39. The summed E-state index contributed by atoms with van der Waals surface area (Å²) < 4.78 is 2.01. The van der Waals surface area contributed by atoms with E-state index in [1.54, 1.807) is 0 Å². The molecule has 3 heterocycles. The minimum atomic E-state index is 0.518. The van der Waals surface area contributed by atoms with Gasteiger partial charge in [0.2, 0.25) is 0 Å². The van der Waals surface area contributed by atoms with Gasteiger partial charge < -0.3 is 4.90 Å². The monoisotopic (exact) mass is 343 g/mol. The zero-order valence-corrected chi connectivity index (χ0v) is 14.7. The molecular formula is C21H21N5. The first-order valence-electron chi connectivity index (χ1n) is 9.43. The second-order valence-corrected chi connectivity index (χ2v) is 7.39. The fraction of sp³-hybridized carbons (Fsp3) is 0.381. The summed E-state index contributed by atoms with van der Waals surface area (Å²) in [6.07, 6.45) is 6.62. The van der Waals surface area contributed by atoms with E-state index in [9.17, 15) is 5.26 Å². The molecule has 0 spiro atoms. The first-order valence-corrected chi connectivity index (χ1v) is 9.43. The van der Waals surface area contributed by atoms with Crippen molar-refractivity contribution in [2.45, 2.75) is 37.5 Å². The summed E-state index contributed by atoms with van der Waals surface area (Å²) in [4.78, 5) is 2.34. The third-order valence-electron chi connectivity index (χ3n) is 5.74. The average molecular weight is 343 g/mol. The molecule has 2 aromatic heterocycles. The molecule has 1 aliphatic heterocycles. The molecular weight excluding hydrogens is 322 g/mol. The maximum absolute atomic E-state index is 9.78. The zero-order valence-electron chi connectivity index (χ0n) is 14.7. The van der Waals surface area contributed by atoms with Crippen LogP contribution in [0.25, 0.3) is 5.65 Å². The van der Waals surface area contributed by atoms with Crippen molar-refractivity contribution in [3.05, 3.63) is 59.5 Å². The highest BCUT2D eigenvalue weighted by Gasteiger charge is 2.30. The van der Waals surface area contributed by atoms with E-state index in [2.05, 4.69) is 57.6 Å². The Morgan fingerprint density at radius 1 is 0.923 bits per heavy atom. The van der Waals surface area contributed by atoms with Crippen molar-refractivity contribution in [3.63, 3.8) is 0 Å². The van der Waals surface area contributed by atoms with Gasteiger partial charge in [0.1, 0.15) is 17.5 Å². The van der Waals surface area contributed by atoms with E-state index in [0.717, 1.165) is 37.4 Å². The third kappa shape index (κ3) is 2.53. The van der Waals surface area contributed by atoms with E-state index in [-0.39, 0.29) is 0 Å². The fourth-order valence-corrected chi connectivity index (χ4v) is 4.13. The number of aromatic nitrogens is 3. The molecule has 0 unspecified atom stereocenters. The van der Waals surface area contributed by atoms with Gasteiger partial charge in [-0.1, -0.05) is 30.3 Å². The Labute approximate surface area is 152 Å². The molecule has 0 N–H and O–H groups in total. The Balaban J connectivity index is 1.42. The van der Waals surface area contributed by atoms with E-state index < -0.39 is 0 Å². The van der Waals surface area contributed by atoms with Crippen LogP contribution in [-0.4, -0.2) is 27.7 Å². The van der Waals surface area contributed by atoms with Gasteiger partial charge in [0, 0.05) is 25.2 Å². The summed E-state index contributed by atoms with van der Waals surface area (Å²) >= 11 is 0. The van der Waals surface area contributed by atoms with Gasteiger partial charge in [-0.15, -0.1) is 10.2 Å². The number of piperidine rings is 1. The van der Waals surface area contributed by atoms with E-state index in [0.29, 0.717) is 23.0 Å². The quantitative estimate of drug-likeness (QED) is 0.724. The number of nitrogens with zero attached hydrogens (tertiary/aromatic N) is 5. The Morgan fingerprint density at radius 3 is 2.38 bits per heavy atom. The zero-order chi connectivity index (χ0) is 17.5. The molecule has 0 bridgehead atoms. The van der Waals surface area contributed by atoms with E-state index in [1.165, 1.54) is 18.4 Å². The lowest BCUT2D eigenvalue weighted by atomic mass is 9.89. The van der Waals surface area contributed by atoms with Crippen LogP contribution in [0.4, 0.5) is 5.69 Å². The molecule has 1 saturated heterocycles. The Kier molecular flexibility index (Phi) is 3.63. The maximum Gasteiger partial charge on any atom is 0.180 e. The number of benzene rings is 1. The van der Waals surface area contributed by atoms with Gasteiger partial charge in [-0.25, -0.2) is 0 Å². The topological polar surface area (TPSA) is 57.2 Å². The van der Waals surface area contributed by atoms with E-state index in [4.69, 9.17) is 0 Å². The van der Waals surface area contributed by atoms with Gasteiger partial charge in [-0.05, 0) is 43.2 Å². The molecule has 2 fully saturated rings. The molecule has 1 saturated carbocycles. The molecule has 2 aliphatic rings. The van der Waals surface area contributed by atoms with Crippen LogP contribution in [0.15, 0.2) is 42.6 Å². The Bertz CT molecular complexity index is 973. The molecule has 130 valence electrons. The maximum atomic E-state index is 9.78. The minimum absolute atomic E-state index is 0.518. The van der Waals surface area contributed by atoms with Crippen LogP contribution in [0.5, 0.6) is 0 Å². The molecule has 0 atom stereocenters. The summed E-state index contributed by atoms with van der Waals surface area (Å²) in [5.74, 6) is 2.13. The van der Waals surface area contributed by atoms with Gasteiger partial charge in [0.15, 0.2) is 5.65 Å². The second kappa shape index (κ2) is 6.14. The van der Waals surface area contributed by atoms with Crippen LogP contribution in [0.2, 0.25) is 0 Å². The van der Waals surface area contributed by atoms with Crippen molar-refractivity contribution in [2.75, 3.05) is 18.0 Å². The van der Waals surface area contributed by atoms with Gasteiger partial charge in [-0.3, -0.25) is 4.40 Å². The van der Waals surface area contributed by atoms with Crippen molar-refractivity contribution in [3.8, 4) is 6.07 Å². The summed E-state index contributed by atoms with van der Waals surface area (Å²) in [5.41, 5.74) is 3.79. The molecule has 0 radical (unpaired) electrons. The van der Waals surface area contributed by atoms with Crippen molar-refractivity contribution in [1.29, 1.82) is 5.26 Å². The average Bonchev–Trinajstić information content (AvgIpc) is 3.46. The van der Waals surface area contributed by atoms with Crippen LogP contribution in [-0.2, 0) is 0 Å². The Morgan fingerprint density at radius 2 is 1.69 bits per heavy atom. The van der Waals surface area contributed by atoms with Crippen LogP contribution in [0.1, 0.15) is 54.5 Å². The molecule has 1 aromatic carbocycles. The molecule has 5 heteroatoms. The summed E-state index contributed by atoms with van der Waals surface area (Å²) in [5, 5.41) is 18.5. The first kappa shape index (κ1) is 15.4. The predicted octanol–water partition coefficient (Wildman–Crippen LogP) is 3.86. The highest BCUT2D eigenvalue weighted by molar-refractivity contribution is 5.71. The van der Waals surface area contributed by atoms with Crippen molar-refractivity contribution >= 4 is 11.3 Å². The van der Waals surface area contributed by atoms with Crippen molar-refractivity contribution < 1.29 is 0 Å². The van der Waals surface area contributed by atoms with Gasteiger partial charge >= 0.3 is 0 Å². The number of anilines is 1. The molecule has 1 aliphatic carbocycles. The van der Waals surface area contributed by atoms with Crippen LogP contribution in [0.3, 0.4) is 0 Å². The minimum Gasteiger partial charge on any atom is -0.370 e. The lowest BCUT2D eigenvalue weighted by Crippen LogP contribution is -2.33. The summed E-state index contributed by atoms with van der Waals surface area (Å²) in [7, 11) is 0. The number of rotatable bonds is 3. The number of pyridine rings is 1. The van der Waals surface area contributed by atoms with Crippen molar-refractivity contribution in [2.24, 2.45) is 0 Å². The SMILES string of the molecule is N#Cc1c(N2CCC(c3ccccc3)CC2)ccn2c(C3CC3)nnc12. The smallest absolute Gasteiger partial charge is 0.180 e. The first-order chi connectivity index (χ1) is 12.8. The van der Waals surface area contributed by atoms with Crippen molar-refractivity contribution in [1.82, 2.24) is 14.6 Å². The van der Waals surface area contributed by atoms with E-state index in [1.807, 2.05) is 10.6 Å². The highest BCUT2D eigenvalue weighted by Crippen LogP contribution is 2.40. The molecule has 26 heavy (non-hydrogen) atoms.